The number of carbonyl (C=O) groups is 1. The van der Waals surface area contributed by atoms with Crippen molar-refractivity contribution in [1.29, 1.82) is 0 Å². The first kappa shape index (κ1) is 11.3. The maximum atomic E-state index is 10.4. The van der Waals surface area contributed by atoms with Crippen LogP contribution in [0.15, 0.2) is 0 Å². The molecule has 0 aliphatic rings. The predicted octanol–water partition coefficient (Wildman–Crippen LogP) is 2.38. The van der Waals surface area contributed by atoms with Gasteiger partial charge in [0.25, 0.3) is 0 Å². The summed E-state index contributed by atoms with van der Waals surface area (Å²) in [6.07, 6.45) is 5.64. The Bertz CT molecular complexity index is 115. The molecular weight excluding hydrogens is 307 g/mol. The molecule has 0 aliphatic carbocycles. The maximum absolute atomic E-state index is 10.4. The Kier molecular flexibility index (Phi) is 7.23. The van der Waals surface area contributed by atoms with Gasteiger partial charge in [-0.1, -0.05) is 0 Å². The fraction of sp³-hybridized carbons (Fsp3) is 0.875. The van der Waals surface area contributed by atoms with Gasteiger partial charge in [0.15, 0.2) is 0 Å². The molecule has 0 aromatic heterocycles. The third kappa shape index (κ3) is 6.73. The number of carboxylic acid groups (broad SMARTS) is 1. The van der Waals surface area contributed by atoms with Crippen molar-refractivity contribution in [2.24, 2.45) is 0 Å². The zero-order valence-electron chi connectivity index (χ0n) is 6.97. The zero-order chi connectivity index (χ0) is 8.69. The van der Waals surface area contributed by atoms with Gasteiger partial charge in [0.1, 0.15) is 0 Å². The third-order valence-corrected chi connectivity index (χ3v) is 3.57. The first-order valence-electron chi connectivity index (χ1n) is 4.12. The van der Waals surface area contributed by atoms with Crippen LogP contribution in [0.1, 0.15) is 39.0 Å². The normalized spacial score (nSPS) is 12.7. The summed E-state index contributed by atoms with van der Waals surface area (Å²) in [5.41, 5.74) is 0. The predicted molar refractivity (Wildman–Crippen MR) is 40.1 cm³/mol. The van der Waals surface area contributed by atoms with Crippen LogP contribution in [0.2, 0.25) is 3.67 Å². The van der Waals surface area contributed by atoms with Crippen LogP contribution in [-0.2, 0) is 29.2 Å². The van der Waals surface area contributed by atoms with Gasteiger partial charge in [-0.3, -0.25) is 0 Å². The van der Waals surface area contributed by atoms with E-state index in [2.05, 4.69) is 6.92 Å². The number of carboxylic acids is 1. The molecule has 63 valence electrons. The van der Waals surface area contributed by atoms with Crippen molar-refractivity contribution >= 4 is 5.97 Å². The van der Waals surface area contributed by atoms with Gasteiger partial charge in [0.05, 0.1) is 0 Å². The van der Waals surface area contributed by atoms with Crippen LogP contribution in [0.3, 0.4) is 0 Å². The minimum absolute atomic E-state index is 0.0214. The molecule has 0 aliphatic heterocycles. The summed E-state index contributed by atoms with van der Waals surface area (Å²) in [6.45, 7) is 2.16. The van der Waals surface area contributed by atoms with Crippen molar-refractivity contribution in [3.05, 3.63) is 0 Å². The topological polar surface area (TPSA) is 37.3 Å². The molecule has 0 saturated carbocycles. The first-order chi connectivity index (χ1) is 5.18. The third-order valence-electron chi connectivity index (χ3n) is 1.64. The van der Waals surface area contributed by atoms with Crippen LogP contribution in [0, 0.1) is 0 Å². The minimum atomic E-state index is -0.604. The average Bonchev–Trinajstić information content (AvgIpc) is 1.97. The zero-order valence-corrected chi connectivity index (χ0v) is 10.6. The van der Waals surface area contributed by atoms with Gasteiger partial charge in [-0.15, -0.1) is 0 Å². The number of hydrogen-bond donors (Lipinski definition) is 1. The Labute approximate surface area is 82.9 Å². The molecule has 0 fully saturated rings. The van der Waals surface area contributed by atoms with E-state index in [4.69, 9.17) is 5.11 Å². The second-order valence-electron chi connectivity index (χ2n) is 2.74. The summed E-state index contributed by atoms with van der Waals surface area (Å²) in [4.78, 5) is 10.4. The van der Waals surface area contributed by atoms with E-state index in [1.165, 1.54) is 19.3 Å². The van der Waals surface area contributed by atoms with E-state index in [1.807, 2.05) is 0 Å². The van der Waals surface area contributed by atoms with Crippen LogP contribution >= 0.6 is 0 Å². The van der Waals surface area contributed by atoms with Gasteiger partial charge in [-0.25, -0.2) is 0 Å². The molecule has 2 nitrogen and oxygen atoms in total. The second-order valence-corrected chi connectivity index (χ2v) is 5.24. The van der Waals surface area contributed by atoms with Gasteiger partial charge >= 0.3 is 82.9 Å². The van der Waals surface area contributed by atoms with E-state index < -0.39 is 5.97 Å². The molecule has 0 rings (SSSR count). The quantitative estimate of drug-likeness (QED) is 0.602. The molecule has 1 atom stereocenters. The monoisotopic (exact) mass is 323 g/mol. The van der Waals surface area contributed by atoms with Crippen LogP contribution in [0.4, 0.5) is 0 Å². The van der Waals surface area contributed by atoms with Crippen molar-refractivity contribution in [3.8, 4) is 0 Å². The summed E-state index contributed by atoms with van der Waals surface area (Å²) >= 11 is 0.792. The molecule has 0 aromatic carbocycles. The van der Waals surface area contributed by atoms with Crippen molar-refractivity contribution in [2.45, 2.75) is 42.7 Å². The van der Waals surface area contributed by atoms with Crippen molar-refractivity contribution in [1.82, 2.24) is 0 Å². The van der Waals surface area contributed by atoms with E-state index in [0.717, 1.165) is 37.2 Å². The number of aliphatic carboxylic acids is 1. The first-order valence-corrected chi connectivity index (χ1v) is 6.19. The molecule has 1 N–H and O–H groups in total. The van der Waals surface area contributed by atoms with Gasteiger partial charge in [0, 0.05) is 0 Å². The van der Waals surface area contributed by atoms with Gasteiger partial charge < -0.3 is 0 Å². The SMILES string of the molecule is CCCCCC[CH]([Hf])C(=O)O. The Morgan fingerprint density at radius 1 is 1.45 bits per heavy atom. The fourth-order valence-electron chi connectivity index (χ4n) is 0.899. The number of unbranched alkanes of at least 4 members (excludes halogenated alkanes) is 3. The molecule has 0 aromatic rings. The Balaban J connectivity index is 3.17. The standard InChI is InChI=1S/C8H15O2.Hf/c1-2-3-4-5-6-7-8(9)10;/h7H,2-6H2,1H3,(H,9,10);. The van der Waals surface area contributed by atoms with Crippen LogP contribution in [0.25, 0.3) is 0 Å². The van der Waals surface area contributed by atoms with Crippen LogP contribution in [0.5, 0.6) is 0 Å². The number of rotatable bonds is 6. The molecule has 0 saturated heterocycles. The molecule has 1 unspecified atom stereocenters. The van der Waals surface area contributed by atoms with Gasteiger partial charge in [0.2, 0.25) is 0 Å². The van der Waals surface area contributed by atoms with E-state index in [1.54, 1.807) is 0 Å². The van der Waals surface area contributed by atoms with Crippen molar-refractivity contribution in [2.75, 3.05) is 0 Å². The Morgan fingerprint density at radius 3 is 2.55 bits per heavy atom. The summed E-state index contributed by atoms with van der Waals surface area (Å²) in [6, 6.07) is 0. The van der Waals surface area contributed by atoms with E-state index in [-0.39, 0.29) is 3.67 Å². The summed E-state index contributed by atoms with van der Waals surface area (Å²) in [7, 11) is 0. The summed E-state index contributed by atoms with van der Waals surface area (Å²) in [5, 5.41) is 8.57. The molecule has 3 heteroatoms. The fourth-order valence-corrected chi connectivity index (χ4v) is 1.63. The Morgan fingerprint density at radius 2 is 2.09 bits per heavy atom. The van der Waals surface area contributed by atoms with Crippen molar-refractivity contribution in [3.63, 3.8) is 0 Å². The van der Waals surface area contributed by atoms with Gasteiger partial charge in [-0.2, -0.15) is 0 Å². The van der Waals surface area contributed by atoms with Crippen LogP contribution < -0.4 is 0 Å². The van der Waals surface area contributed by atoms with Gasteiger partial charge in [-0.05, 0) is 0 Å². The molecule has 0 heterocycles. The molecule has 0 radical (unpaired) electrons. The average molecular weight is 322 g/mol. The van der Waals surface area contributed by atoms with Crippen molar-refractivity contribution < 1.29 is 34.3 Å². The van der Waals surface area contributed by atoms with E-state index in [0.29, 0.717) is 0 Å². The summed E-state index contributed by atoms with van der Waals surface area (Å²) < 4.78 is -0.0214. The number of hydrogen-bond acceptors (Lipinski definition) is 1. The molecule has 0 amide bonds. The molecular formula is C8H15HfO2. The Hall–Kier alpha value is 0.340. The second kappa shape index (κ2) is 7.01. The van der Waals surface area contributed by atoms with Crippen LogP contribution in [-0.4, -0.2) is 11.1 Å². The molecule has 0 spiro atoms. The summed E-state index contributed by atoms with van der Waals surface area (Å²) in [5.74, 6) is -0.604. The molecule has 0 bridgehead atoms. The van der Waals surface area contributed by atoms with E-state index in [9.17, 15) is 4.79 Å². The van der Waals surface area contributed by atoms with E-state index >= 15 is 0 Å². The molecule has 11 heavy (non-hydrogen) atoms.